The largest absolute Gasteiger partial charge is 0.486 e. The highest BCUT2D eigenvalue weighted by Gasteiger charge is 2.23. The Morgan fingerprint density at radius 2 is 2.06 bits per heavy atom. The van der Waals surface area contributed by atoms with Crippen molar-refractivity contribution in [2.24, 2.45) is 5.73 Å². The number of benzene rings is 1. The summed E-state index contributed by atoms with van der Waals surface area (Å²) in [6, 6.07) is 1.52. The number of halogens is 1. The van der Waals surface area contributed by atoms with Crippen LogP contribution >= 0.6 is 15.9 Å². The highest BCUT2D eigenvalue weighted by molar-refractivity contribution is 9.10. The number of ether oxygens (including phenoxy) is 2. The number of hydrogen-bond donors (Lipinski definition) is 2. The molecule has 1 aromatic carbocycles. The maximum absolute atomic E-state index is 9.19. The minimum absolute atomic E-state index is 0.0842. The molecule has 2 rings (SSSR count). The SMILES string of the molecule is CCc1c(C(N)CO)cc(Br)c2c1OCCO2. The van der Waals surface area contributed by atoms with E-state index >= 15 is 0 Å². The highest BCUT2D eigenvalue weighted by atomic mass is 79.9. The number of aliphatic hydroxyl groups is 1. The van der Waals surface area contributed by atoms with Crippen LogP contribution in [0.25, 0.3) is 0 Å². The lowest BCUT2D eigenvalue weighted by Gasteiger charge is -2.25. The van der Waals surface area contributed by atoms with E-state index < -0.39 is 6.04 Å². The molecule has 1 heterocycles. The van der Waals surface area contributed by atoms with Gasteiger partial charge in [-0.3, -0.25) is 0 Å². The second-order valence-electron chi connectivity index (χ2n) is 3.92. The van der Waals surface area contributed by atoms with Crippen LogP contribution in [-0.2, 0) is 6.42 Å². The van der Waals surface area contributed by atoms with Crippen molar-refractivity contribution in [1.82, 2.24) is 0 Å². The van der Waals surface area contributed by atoms with Crippen molar-refractivity contribution >= 4 is 15.9 Å². The van der Waals surface area contributed by atoms with E-state index in [2.05, 4.69) is 15.9 Å². The molecular weight excluding hydrogens is 286 g/mol. The van der Waals surface area contributed by atoms with Gasteiger partial charge in [0, 0.05) is 5.56 Å². The summed E-state index contributed by atoms with van der Waals surface area (Å²) in [5.74, 6) is 1.49. The zero-order valence-electron chi connectivity index (χ0n) is 9.70. The van der Waals surface area contributed by atoms with Crippen LogP contribution in [0.4, 0.5) is 0 Å². The van der Waals surface area contributed by atoms with Gasteiger partial charge in [-0.2, -0.15) is 0 Å². The fourth-order valence-electron chi connectivity index (χ4n) is 2.03. The van der Waals surface area contributed by atoms with Crippen LogP contribution in [0.15, 0.2) is 10.5 Å². The van der Waals surface area contributed by atoms with Gasteiger partial charge in [0.05, 0.1) is 17.1 Å². The molecule has 1 aliphatic rings. The third kappa shape index (κ3) is 2.27. The summed E-state index contributed by atoms with van der Waals surface area (Å²) in [5.41, 5.74) is 7.83. The maximum atomic E-state index is 9.19. The Hall–Kier alpha value is -0.780. The van der Waals surface area contributed by atoms with Gasteiger partial charge < -0.3 is 20.3 Å². The number of aliphatic hydroxyl groups excluding tert-OH is 1. The van der Waals surface area contributed by atoms with E-state index in [1.165, 1.54) is 0 Å². The number of nitrogens with two attached hydrogens (primary N) is 1. The standard InChI is InChI=1S/C12H16BrNO3/c1-2-7-8(10(14)6-15)5-9(13)12-11(7)16-3-4-17-12/h5,10,15H,2-4,6,14H2,1H3. The maximum Gasteiger partial charge on any atom is 0.175 e. The van der Waals surface area contributed by atoms with Gasteiger partial charge in [0.25, 0.3) is 0 Å². The van der Waals surface area contributed by atoms with Crippen molar-refractivity contribution in [3.05, 3.63) is 21.7 Å². The summed E-state index contributed by atoms with van der Waals surface area (Å²) in [4.78, 5) is 0. The predicted molar refractivity (Wildman–Crippen MR) is 68.5 cm³/mol. The zero-order chi connectivity index (χ0) is 12.4. The van der Waals surface area contributed by atoms with Crippen LogP contribution < -0.4 is 15.2 Å². The van der Waals surface area contributed by atoms with E-state index in [1.807, 2.05) is 13.0 Å². The van der Waals surface area contributed by atoms with Gasteiger partial charge in [0.15, 0.2) is 11.5 Å². The van der Waals surface area contributed by atoms with E-state index in [9.17, 15) is 5.11 Å². The third-order valence-electron chi connectivity index (χ3n) is 2.85. The second-order valence-corrected chi connectivity index (χ2v) is 4.78. The molecule has 17 heavy (non-hydrogen) atoms. The minimum atomic E-state index is -0.392. The first-order chi connectivity index (χ1) is 8.19. The Balaban J connectivity index is 2.57. The summed E-state index contributed by atoms with van der Waals surface area (Å²) in [6.45, 7) is 3.05. The highest BCUT2D eigenvalue weighted by Crippen LogP contribution is 2.43. The van der Waals surface area contributed by atoms with E-state index in [1.54, 1.807) is 0 Å². The lowest BCUT2D eigenvalue weighted by Crippen LogP contribution is -2.21. The molecule has 0 saturated heterocycles. The minimum Gasteiger partial charge on any atom is -0.486 e. The van der Waals surface area contributed by atoms with Crippen LogP contribution in [-0.4, -0.2) is 24.9 Å². The number of fused-ring (bicyclic) bond motifs is 1. The Bertz CT molecular complexity index is 423. The van der Waals surface area contributed by atoms with Gasteiger partial charge >= 0.3 is 0 Å². The third-order valence-corrected chi connectivity index (χ3v) is 3.44. The molecule has 3 N–H and O–H groups in total. The molecule has 0 aliphatic carbocycles. The van der Waals surface area contributed by atoms with E-state index in [4.69, 9.17) is 15.2 Å². The molecule has 4 nitrogen and oxygen atoms in total. The van der Waals surface area contributed by atoms with Crippen LogP contribution in [0.2, 0.25) is 0 Å². The average molecular weight is 302 g/mol. The Morgan fingerprint density at radius 3 is 2.65 bits per heavy atom. The van der Waals surface area contributed by atoms with Gasteiger partial charge in [-0.15, -0.1) is 0 Å². The van der Waals surface area contributed by atoms with Gasteiger partial charge in [-0.1, -0.05) is 6.92 Å². The molecule has 1 aliphatic heterocycles. The summed E-state index contributed by atoms with van der Waals surface area (Å²) in [5, 5.41) is 9.19. The molecule has 0 amide bonds. The fourth-order valence-corrected chi connectivity index (χ4v) is 2.58. The van der Waals surface area contributed by atoms with Crippen molar-refractivity contribution in [1.29, 1.82) is 0 Å². The second kappa shape index (κ2) is 5.25. The Kier molecular flexibility index (Phi) is 3.91. The molecule has 0 spiro atoms. The molecular formula is C12H16BrNO3. The summed E-state index contributed by atoms with van der Waals surface area (Å²) < 4.78 is 12.1. The first-order valence-electron chi connectivity index (χ1n) is 5.66. The summed E-state index contributed by atoms with van der Waals surface area (Å²) in [7, 11) is 0. The molecule has 1 unspecified atom stereocenters. The van der Waals surface area contributed by atoms with E-state index in [-0.39, 0.29) is 6.61 Å². The summed E-state index contributed by atoms with van der Waals surface area (Å²) in [6.07, 6.45) is 0.794. The number of rotatable bonds is 3. The van der Waals surface area contributed by atoms with Crippen molar-refractivity contribution in [2.75, 3.05) is 19.8 Å². The van der Waals surface area contributed by atoms with Crippen LogP contribution in [0.1, 0.15) is 24.1 Å². The van der Waals surface area contributed by atoms with Gasteiger partial charge in [0.1, 0.15) is 13.2 Å². The van der Waals surface area contributed by atoms with Crippen LogP contribution in [0.5, 0.6) is 11.5 Å². The van der Waals surface area contributed by atoms with Gasteiger partial charge in [-0.25, -0.2) is 0 Å². The van der Waals surface area contributed by atoms with Gasteiger partial charge in [0.2, 0.25) is 0 Å². The molecule has 0 bridgehead atoms. The molecule has 0 aromatic heterocycles. The van der Waals surface area contributed by atoms with Crippen molar-refractivity contribution < 1.29 is 14.6 Å². The van der Waals surface area contributed by atoms with E-state index in [0.29, 0.717) is 13.2 Å². The van der Waals surface area contributed by atoms with E-state index in [0.717, 1.165) is 33.5 Å². The molecule has 94 valence electrons. The summed E-state index contributed by atoms with van der Waals surface area (Å²) >= 11 is 3.45. The molecule has 0 fully saturated rings. The molecule has 1 atom stereocenters. The molecule has 0 saturated carbocycles. The Morgan fingerprint density at radius 1 is 1.41 bits per heavy atom. The zero-order valence-corrected chi connectivity index (χ0v) is 11.3. The topological polar surface area (TPSA) is 64.7 Å². The smallest absolute Gasteiger partial charge is 0.175 e. The first kappa shape index (κ1) is 12.7. The number of hydrogen-bond acceptors (Lipinski definition) is 4. The van der Waals surface area contributed by atoms with Crippen molar-refractivity contribution in [3.8, 4) is 11.5 Å². The lowest BCUT2D eigenvalue weighted by atomic mass is 9.97. The molecule has 1 aromatic rings. The Labute approximate surface area is 109 Å². The molecule has 0 radical (unpaired) electrons. The lowest BCUT2D eigenvalue weighted by molar-refractivity contribution is 0.168. The van der Waals surface area contributed by atoms with Gasteiger partial charge in [-0.05, 0) is 34.0 Å². The van der Waals surface area contributed by atoms with Crippen LogP contribution in [0, 0.1) is 0 Å². The van der Waals surface area contributed by atoms with Crippen molar-refractivity contribution in [2.45, 2.75) is 19.4 Å². The first-order valence-corrected chi connectivity index (χ1v) is 6.45. The molecule has 5 heteroatoms. The fraction of sp³-hybridized carbons (Fsp3) is 0.500. The predicted octanol–water partition coefficient (Wildman–Crippen LogP) is 1.77. The van der Waals surface area contributed by atoms with Crippen molar-refractivity contribution in [3.63, 3.8) is 0 Å². The average Bonchev–Trinajstić information content (AvgIpc) is 2.38. The van der Waals surface area contributed by atoms with Crippen LogP contribution in [0.3, 0.4) is 0 Å². The normalized spacial score (nSPS) is 15.8. The quantitative estimate of drug-likeness (QED) is 0.893. The monoisotopic (exact) mass is 301 g/mol.